The van der Waals surface area contributed by atoms with Crippen molar-refractivity contribution >= 4 is 17.2 Å². The van der Waals surface area contributed by atoms with Crippen molar-refractivity contribution in [3.05, 3.63) is 87.6 Å². The van der Waals surface area contributed by atoms with Crippen LogP contribution in [0.5, 0.6) is 5.75 Å². The molecule has 0 saturated carbocycles. The minimum absolute atomic E-state index is 0.116. The zero-order valence-corrected chi connectivity index (χ0v) is 21.4. The van der Waals surface area contributed by atoms with Crippen molar-refractivity contribution < 1.29 is 23.4 Å². The predicted molar refractivity (Wildman–Crippen MR) is 137 cm³/mol. The molecule has 9 heteroatoms. The quantitative estimate of drug-likeness (QED) is 0.326. The van der Waals surface area contributed by atoms with Crippen molar-refractivity contribution in [1.29, 1.82) is 0 Å². The summed E-state index contributed by atoms with van der Waals surface area (Å²) in [5.74, 6) is -0.956. The number of halogens is 2. The average Bonchev–Trinajstić information content (AvgIpc) is 3.49. The Bertz CT molecular complexity index is 1480. The predicted octanol–water partition coefficient (Wildman–Crippen LogP) is 5.93. The topological polar surface area (TPSA) is 75.6 Å². The lowest BCUT2D eigenvalue weighted by atomic mass is 10.0. The van der Waals surface area contributed by atoms with E-state index < -0.39 is 11.6 Å². The summed E-state index contributed by atoms with van der Waals surface area (Å²) < 4.78 is 34.9. The van der Waals surface area contributed by atoms with Gasteiger partial charge in [0.2, 0.25) is 0 Å². The van der Waals surface area contributed by atoms with E-state index in [0.717, 1.165) is 11.3 Å². The van der Waals surface area contributed by atoms with Gasteiger partial charge in [0.1, 0.15) is 22.4 Å². The number of pyridine rings is 1. The number of amides is 1. The number of thiazole rings is 1. The Kier molecular flexibility index (Phi) is 6.74. The first-order chi connectivity index (χ1) is 17.8. The van der Waals surface area contributed by atoms with E-state index in [1.807, 2.05) is 25.3 Å². The molecule has 1 amide bonds. The fourth-order valence-corrected chi connectivity index (χ4v) is 5.43. The summed E-state index contributed by atoms with van der Waals surface area (Å²) in [6.45, 7) is 4.33. The molecule has 4 aromatic rings. The lowest BCUT2D eigenvalue weighted by Gasteiger charge is -2.18. The second kappa shape index (κ2) is 9.99. The molecule has 0 fully saturated rings. The number of rotatable bonds is 7. The largest absolute Gasteiger partial charge is 0.496 e. The van der Waals surface area contributed by atoms with Gasteiger partial charge in [0.05, 0.1) is 55.0 Å². The number of nitrogens with zero attached hydrogens (tertiary/aromatic N) is 3. The Morgan fingerprint density at radius 3 is 2.51 bits per heavy atom. The Hall–Kier alpha value is -3.69. The smallest absolute Gasteiger partial charge is 0.257 e. The molecule has 1 N–H and O–H groups in total. The molecular formula is C28H25F2N3O3S. The van der Waals surface area contributed by atoms with Gasteiger partial charge in [0.15, 0.2) is 0 Å². The number of fused-ring (bicyclic) bond motifs is 1. The van der Waals surface area contributed by atoms with Crippen molar-refractivity contribution in [1.82, 2.24) is 14.9 Å². The first-order valence-electron chi connectivity index (χ1n) is 11.8. The normalized spacial score (nSPS) is 12.9. The maximum Gasteiger partial charge on any atom is 0.257 e. The van der Waals surface area contributed by atoms with E-state index in [1.54, 1.807) is 23.1 Å². The molecule has 2 aromatic heterocycles. The van der Waals surface area contributed by atoms with Gasteiger partial charge in [0.25, 0.3) is 5.91 Å². The lowest BCUT2D eigenvalue weighted by molar-refractivity contribution is 0.0765. The Morgan fingerprint density at radius 1 is 1.11 bits per heavy atom. The summed E-state index contributed by atoms with van der Waals surface area (Å²) in [4.78, 5) is 24.6. The molecule has 0 spiro atoms. The van der Waals surface area contributed by atoms with E-state index in [0.29, 0.717) is 33.1 Å². The maximum atomic E-state index is 14.7. The second-order valence-corrected chi connectivity index (χ2v) is 10.0. The average molecular weight is 522 g/mol. The minimum Gasteiger partial charge on any atom is -0.496 e. The zero-order valence-electron chi connectivity index (χ0n) is 20.6. The van der Waals surface area contributed by atoms with Crippen LogP contribution in [0.15, 0.2) is 47.8 Å². The van der Waals surface area contributed by atoms with E-state index in [9.17, 15) is 18.7 Å². The van der Waals surface area contributed by atoms with Crippen molar-refractivity contribution in [2.75, 3.05) is 7.11 Å². The summed E-state index contributed by atoms with van der Waals surface area (Å²) in [6.07, 6.45) is 0. The van der Waals surface area contributed by atoms with Gasteiger partial charge in [-0.25, -0.2) is 18.7 Å². The molecular weight excluding hydrogens is 496 g/mol. The Morgan fingerprint density at radius 2 is 1.86 bits per heavy atom. The third kappa shape index (κ3) is 4.60. The number of aliphatic hydroxyl groups is 1. The third-order valence-electron chi connectivity index (χ3n) is 6.39. The van der Waals surface area contributed by atoms with E-state index in [4.69, 9.17) is 9.72 Å². The molecule has 5 rings (SSSR count). The van der Waals surface area contributed by atoms with Crippen LogP contribution in [0.3, 0.4) is 0 Å². The number of methoxy groups -OCH3 is 1. The fourth-order valence-electron chi connectivity index (χ4n) is 4.43. The van der Waals surface area contributed by atoms with Gasteiger partial charge in [-0.15, -0.1) is 11.3 Å². The highest BCUT2D eigenvalue weighted by Crippen LogP contribution is 2.39. The van der Waals surface area contributed by atoms with Crippen LogP contribution in [0.4, 0.5) is 8.78 Å². The number of carbonyl (C=O) groups excluding carboxylic acids is 1. The molecule has 0 atom stereocenters. The molecule has 37 heavy (non-hydrogen) atoms. The van der Waals surface area contributed by atoms with Crippen LogP contribution in [0.1, 0.15) is 52.6 Å². The van der Waals surface area contributed by atoms with Crippen LogP contribution in [0.25, 0.3) is 21.8 Å². The molecule has 0 aliphatic carbocycles. The molecule has 0 saturated heterocycles. The zero-order chi connectivity index (χ0) is 26.3. The van der Waals surface area contributed by atoms with E-state index >= 15 is 0 Å². The summed E-state index contributed by atoms with van der Waals surface area (Å²) in [5.41, 5.74) is 3.55. The maximum absolute atomic E-state index is 14.7. The van der Waals surface area contributed by atoms with Gasteiger partial charge in [-0.1, -0.05) is 32.0 Å². The summed E-state index contributed by atoms with van der Waals surface area (Å²) >= 11 is 1.39. The Balaban J connectivity index is 1.61. The van der Waals surface area contributed by atoms with Crippen molar-refractivity contribution in [2.45, 2.75) is 39.5 Å². The van der Waals surface area contributed by atoms with Gasteiger partial charge >= 0.3 is 0 Å². The molecule has 0 unspecified atom stereocenters. The molecule has 6 nitrogen and oxygen atoms in total. The number of aromatic nitrogens is 2. The molecule has 1 aliphatic rings. The second-order valence-electron chi connectivity index (χ2n) is 9.17. The van der Waals surface area contributed by atoms with E-state index in [-0.39, 0.29) is 42.8 Å². The van der Waals surface area contributed by atoms with Crippen LogP contribution >= 0.6 is 11.3 Å². The summed E-state index contributed by atoms with van der Waals surface area (Å²) in [6, 6.07) is 10.6. The number of benzene rings is 2. The molecule has 0 bridgehead atoms. The third-order valence-corrected chi connectivity index (χ3v) is 7.29. The van der Waals surface area contributed by atoms with Gasteiger partial charge in [-0.2, -0.15) is 0 Å². The van der Waals surface area contributed by atoms with Gasteiger partial charge in [-0.05, 0) is 35.7 Å². The highest BCUT2D eigenvalue weighted by molar-refractivity contribution is 7.13. The first kappa shape index (κ1) is 25.0. The molecule has 0 radical (unpaired) electrons. The summed E-state index contributed by atoms with van der Waals surface area (Å²) in [5, 5.41) is 12.0. The standard InChI is InChI=1S/C28H25F2N3O3S/c1-15(2)23-14-37-27(32-23)18-10-21(26-19(29)5-4-6-20(26)30)31-22-12-33(28(35)25(18)22)11-17-8-7-16(13-34)9-24(17)36-3/h4-10,14-15,34H,11-13H2,1-3H3. The van der Waals surface area contributed by atoms with Crippen LogP contribution in [-0.4, -0.2) is 33.0 Å². The van der Waals surface area contributed by atoms with Crippen LogP contribution in [0, 0.1) is 11.6 Å². The minimum atomic E-state index is -0.727. The Labute approximate surface area is 217 Å². The number of aliphatic hydroxyl groups excluding tert-OH is 1. The number of carbonyl (C=O) groups is 1. The monoisotopic (exact) mass is 521 g/mol. The SMILES string of the molecule is COc1cc(CO)ccc1CN1Cc2nc(-c3c(F)cccc3F)cc(-c3nc(C(C)C)cs3)c2C1=O. The fraction of sp³-hybridized carbons (Fsp3) is 0.250. The van der Waals surface area contributed by atoms with Crippen molar-refractivity contribution in [3.63, 3.8) is 0 Å². The molecule has 190 valence electrons. The molecule has 2 aromatic carbocycles. The van der Waals surface area contributed by atoms with Crippen LogP contribution in [0.2, 0.25) is 0 Å². The lowest BCUT2D eigenvalue weighted by Crippen LogP contribution is -2.23. The molecule has 3 heterocycles. The highest BCUT2D eigenvalue weighted by atomic mass is 32.1. The van der Waals surface area contributed by atoms with Crippen LogP contribution < -0.4 is 4.74 Å². The number of hydrogen-bond donors (Lipinski definition) is 1. The van der Waals surface area contributed by atoms with E-state index in [1.165, 1.54) is 36.6 Å². The molecule has 1 aliphatic heterocycles. The number of hydrogen-bond acceptors (Lipinski definition) is 6. The van der Waals surface area contributed by atoms with Gasteiger partial charge in [0, 0.05) is 16.5 Å². The van der Waals surface area contributed by atoms with Crippen LogP contribution in [-0.2, 0) is 19.7 Å². The van der Waals surface area contributed by atoms with Crippen molar-refractivity contribution in [2.24, 2.45) is 0 Å². The highest BCUT2D eigenvalue weighted by Gasteiger charge is 2.34. The van der Waals surface area contributed by atoms with Crippen molar-refractivity contribution in [3.8, 4) is 27.6 Å². The van der Waals surface area contributed by atoms with Gasteiger partial charge < -0.3 is 14.7 Å². The summed E-state index contributed by atoms with van der Waals surface area (Å²) in [7, 11) is 1.53. The number of ether oxygens (including phenoxy) is 1. The van der Waals surface area contributed by atoms with Gasteiger partial charge in [-0.3, -0.25) is 4.79 Å². The van der Waals surface area contributed by atoms with E-state index in [2.05, 4.69) is 4.98 Å². The first-order valence-corrected chi connectivity index (χ1v) is 12.7.